The molecule has 0 aliphatic carbocycles. The van der Waals surface area contributed by atoms with Gasteiger partial charge in [0, 0.05) is 16.0 Å². The number of thiophene rings is 1. The fraction of sp³-hybridized carbons (Fsp3) is 0.250. The number of ether oxygens (including phenoxy) is 2. The summed E-state index contributed by atoms with van der Waals surface area (Å²) in [7, 11) is 0. The van der Waals surface area contributed by atoms with Gasteiger partial charge in [-0.1, -0.05) is 0 Å². The first-order chi connectivity index (χ1) is 13.3. The molecule has 0 unspecified atom stereocenters. The lowest BCUT2D eigenvalue weighted by atomic mass is 10.1. The van der Waals surface area contributed by atoms with Crippen molar-refractivity contribution in [3.63, 3.8) is 0 Å². The predicted octanol–water partition coefficient (Wildman–Crippen LogP) is 4.04. The quantitative estimate of drug-likeness (QED) is 0.128. The Morgan fingerprint density at radius 3 is 2.39 bits per heavy atom. The van der Waals surface area contributed by atoms with E-state index in [4.69, 9.17) is 15.0 Å². The topological polar surface area (TPSA) is 152 Å². The van der Waals surface area contributed by atoms with Gasteiger partial charge < -0.3 is 14.6 Å². The second-order valence-corrected chi connectivity index (χ2v) is 7.24. The second-order valence-electron chi connectivity index (χ2n) is 5.15. The number of aromatic nitrogens is 1. The Morgan fingerprint density at radius 1 is 1.14 bits per heavy atom. The van der Waals surface area contributed by atoms with E-state index in [1.165, 1.54) is 26.1 Å². The summed E-state index contributed by atoms with van der Waals surface area (Å²) < 4.78 is 9.95. The third-order valence-corrected chi connectivity index (χ3v) is 5.07. The van der Waals surface area contributed by atoms with Crippen molar-refractivity contribution in [2.45, 2.75) is 13.8 Å². The summed E-state index contributed by atoms with van der Waals surface area (Å²) in [6.07, 6.45) is 1.24. The van der Waals surface area contributed by atoms with Crippen LogP contribution in [0.1, 0.15) is 38.2 Å². The molecule has 0 aliphatic heterocycles. The van der Waals surface area contributed by atoms with E-state index >= 15 is 0 Å². The minimum Gasteiger partial charge on any atom is -0.512 e. The van der Waals surface area contributed by atoms with Crippen LogP contribution >= 0.6 is 22.7 Å². The number of aliphatic hydroxyl groups is 1. The number of carbonyl (C=O) groups is 3. The van der Waals surface area contributed by atoms with Crippen molar-refractivity contribution in [3.05, 3.63) is 49.3 Å². The van der Waals surface area contributed by atoms with Gasteiger partial charge in [0.05, 0.1) is 5.57 Å². The summed E-state index contributed by atoms with van der Waals surface area (Å²) in [5.74, 6) is -1.83. The molecule has 1 N–H and O–H groups in total. The number of Topliss-reactive ketones (excluding diaryl/α,β-unsaturated/α-hetero) is 1. The summed E-state index contributed by atoms with van der Waals surface area (Å²) in [5.41, 5.74) is 8.45. The summed E-state index contributed by atoms with van der Waals surface area (Å²) in [5, 5.41) is 13.2. The fourth-order valence-corrected chi connectivity index (χ4v) is 3.71. The number of aliphatic hydroxyl groups excluding tert-OH is 1. The van der Waals surface area contributed by atoms with Crippen LogP contribution in [0.4, 0.5) is 5.00 Å². The van der Waals surface area contributed by atoms with Crippen LogP contribution in [-0.2, 0) is 14.3 Å². The lowest BCUT2D eigenvalue weighted by molar-refractivity contribution is -0.111. The Bertz CT molecular complexity index is 983. The van der Waals surface area contributed by atoms with E-state index in [0.717, 1.165) is 22.7 Å². The third kappa shape index (κ3) is 5.39. The van der Waals surface area contributed by atoms with Gasteiger partial charge in [-0.3, -0.25) is 4.79 Å². The summed E-state index contributed by atoms with van der Waals surface area (Å²) in [6, 6.07) is 3.02. The second kappa shape index (κ2) is 9.65. The molecule has 0 aromatic carbocycles. The van der Waals surface area contributed by atoms with Crippen molar-refractivity contribution in [2.24, 2.45) is 5.11 Å². The van der Waals surface area contributed by atoms with Crippen LogP contribution in [-0.4, -0.2) is 41.0 Å². The average Bonchev–Trinajstić information content (AvgIpc) is 3.28. The molecule has 0 radical (unpaired) electrons. The number of nitrogens with zero attached hydrogens (tertiary/aromatic N) is 4. The van der Waals surface area contributed by atoms with Gasteiger partial charge in [-0.2, -0.15) is 0 Å². The van der Waals surface area contributed by atoms with E-state index in [2.05, 4.69) is 15.0 Å². The van der Waals surface area contributed by atoms with Crippen molar-refractivity contribution < 1.29 is 29.0 Å². The summed E-state index contributed by atoms with van der Waals surface area (Å²) in [6.45, 7) is 2.34. The molecule has 0 saturated heterocycles. The van der Waals surface area contributed by atoms with Gasteiger partial charge in [0.1, 0.15) is 28.9 Å². The SMILES string of the molecule is CC(=O)/C(=C(/C)O)c1ccc(C(=O)OCCOC(=O)c2ncc(N=[N+]=[N-])s2)s1. The van der Waals surface area contributed by atoms with E-state index in [9.17, 15) is 19.5 Å². The molecule has 0 saturated carbocycles. The highest BCUT2D eigenvalue weighted by Gasteiger charge is 2.18. The Labute approximate surface area is 166 Å². The number of carbonyl (C=O) groups excluding carboxylic acids is 3. The zero-order valence-electron chi connectivity index (χ0n) is 14.7. The molecule has 28 heavy (non-hydrogen) atoms. The van der Waals surface area contributed by atoms with Gasteiger partial charge in [-0.05, 0) is 36.6 Å². The molecule has 2 rings (SSSR count). The number of hydrogen-bond acceptors (Lipinski definition) is 10. The monoisotopic (exact) mass is 422 g/mol. The number of hydrogen-bond donors (Lipinski definition) is 1. The van der Waals surface area contributed by atoms with Gasteiger partial charge in [-0.15, -0.1) is 22.7 Å². The van der Waals surface area contributed by atoms with E-state index in [-0.39, 0.29) is 45.2 Å². The van der Waals surface area contributed by atoms with Crippen LogP contribution in [0.5, 0.6) is 0 Å². The van der Waals surface area contributed by atoms with Gasteiger partial charge in [-0.25, -0.2) is 14.6 Å². The molecule has 2 aromatic rings. The molecule has 146 valence electrons. The largest absolute Gasteiger partial charge is 0.512 e. The summed E-state index contributed by atoms with van der Waals surface area (Å²) >= 11 is 1.88. The van der Waals surface area contributed by atoms with Crippen molar-refractivity contribution >= 4 is 51.0 Å². The maximum atomic E-state index is 12.0. The number of ketones is 1. The van der Waals surface area contributed by atoms with E-state index in [0.29, 0.717) is 4.88 Å². The molecule has 0 atom stereocenters. The molecule has 0 spiro atoms. The van der Waals surface area contributed by atoms with E-state index in [1.54, 1.807) is 6.07 Å². The van der Waals surface area contributed by atoms with Crippen LogP contribution in [0.2, 0.25) is 0 Å². The first kappa shape index (κ1) is 21.1. The van der Waals surface area contributed by atoms with Crippen molar-refractivity contribution in [1.82, 2.24) is 4.98 Å². The first-order valence-electron chi connectivity index (χ1n) is 7.69. The van der Waals surface area contributed by atoms with Gasteiger partial charge in [0.15, 0.2) is 5.78 Å². The zero-order valence-corrected chi connectivity index (χ0v) is 16.4. The molecular formula is C16H14N4O6S2. The highest BCUT2D eigenvalue weighted by Crippen LogP contribution is 2.27. The standard InChI is InChI=1S/C16H14N4O6S2/c1-8(21)13(9(2)22)10-3-4-11(27-10)15(23)25-5-6-26-16(24)14-18-7-12(28-14)19-20-17/h3-4,7,21H,5-6H2,1-2H3/b13-8+. The smallest absolute Gasteiger partial charge is 0.367 e. The Balaban J connectivity index is 1.86. The Hall–Kier alpha value is -3.21. The van der Waals surface area contributed by atoms with Crippen molar-refractivity contribution in [1.29, 1.82) is 0 Å². The minimum absolute atomic E-state index is 0.0135. The normalized spacial score (nSPS) is 11.2. The molecule has 12 heteroatoms. The predicted molar refractivity (Wildman–Crippen MR) is 102 cm³/mol. The first-order valence-corrected chi connectivity index (χ1v) is 9.33. The molecule has 0 aliphatic rings. The number of allylic oxidation sites excluding steroid dienone is 2. The average molecular weight is 422 g/mol. The lowest BCUT2D eigenvalue weighted by Crippen LogP contribution is -2.13. The highest BCUT2D eigenvalue weighted by atomic mass is 32.1. The number of azide groups is 1. The van der Waals surface area contributed by atoms with Crippen LogP contribution in [0, 0.1) is 0 Å². The molecule has 2 aromatic heterocycles. The van der Waals surface area contributed by atoms with Gasteiger partial charge in [0.25, 0.3) is 0 Å². The lowest BCUT2D eigenvalue weighted by Gasteiger charge is -2.04. The Morgan fingerprint density at radius 2 is 1.79 bits per heavy atom. The molecule has 0 fully saturated rings. The van der Waals surface area contributed by atoms with Crippen LogP contribution in [0.25, 0.3) is 16.0 Å². The number of rotatable bonds is 8. The van der Waals surface area contributed by atoms with Crippen molar-refractivity contribution in [2.75, 3.05) is 13.2 Å². The maximum absolute atomic E-state index is 12.0. The third-order valence-electron chi connectivity index (χ3n) is 3.13. The number of thiazole rings is 1. The Kier molecular flexibility index (Phi) is 7.27. The highest BCUT2D eigenvalue weighted by molar-refractivity contribution is 7.17. The van der Waals surface area contributed by atoms with Crippen LogP contribution in [0.15, 0.2) is 29.2 Å². The molecule has 0 bridgehead atoms. The van der Waals surface area contributed by atoms with Gasteiger partial charge >= 0.3 is 11.9 Å². The van der Waals surface area contributed by atoms with Crippen LogP contribution in [0.3, 0.4) is 0 Å². The van der Waals surface area contributed by atoms with E-state index < -0.39 is 11.9 Å². The molecule has 2 heterocycles. The van der Waals surface area contributed by atoms with E-state index in [1.807, 2.05) is 0 Å². The van der Waals surface area contributed by atoms with Crippen molar-refractivity contribution in [3.8, 4) is 0 Å². The number of esters is 2. The fourth-order valence-electron chi connectivity index (χ4n) is 2.04. The summed E-state index contributed by atoms with van der Waals surface area (Å²) in [4.78, 5) is 42.4. The minimum atomic E-state index is -0.728. The molecule has 0 amide bonds. The van der Waals surface area contributed by atoms with Crippen LogP contribution < -0.4 is 0 Å². The van der Waals surface area contributed by atoms with Gasteiger partial charge in [0.2, 0.25) is 5.01 Å². The zero-order chi connectivity index (χ0) is 20.7. The molecule has 10 nitrogen and oxygen atoms in total. The maximum Gasteiger partial charge on any atom is 0.367 e. The molecular weight excluding hydrogens is 408 g/mol.